The summed E-state index contributed by atoms with van der Waals surface area (Å²) in [5.74, 6) is 0. The summed E-state index contributed by atoms with van der Waals surface area (Å²) in [6.45, 7) is 22.3. The van der Waals surface area contributed by atoms with Gasteiger partial charge in [0.15, 0.2) is 0 Å². The highest BCUT2D eigenvalue weighted by molar-refractivity contribution is 6.88. The minimum Gasteiger partial charge on any atom is -0.308 e. The molecule has 14 rings (SSSR count). The Bertz CT molecular complexity index is 3980. The summed E-state index contributed by atoms with van der Waals surface area (Å²) in [6, 6.07) is 96.2. The average molecular weight is 1140 g/mol. The van der Waals surface area contributed by atoms with Crippen LogP contribution in [0.4, 0.5) is 17.1 Å². The predicted molar refractivity (Wildman–Crippen MR) is 360 cm³/mol. The van der Waals surface area contributed by atoms with Crippen molar-refractivity contribution in [2.24, 2.45) is 0 Å². The molecule has 3 aliphatic rings. The van der Waals surface area contributed by atoms with Crippen molar-refractivity contribution in [3.8, 4) is 22.5 Å². The van der Waals surface area contributed by atoms with Gasteiger partial charge in [0.2, 0.25) is 0 Å². The number of rotatable bonds is 13. The first-order chi connectivity index (χ1) is 40.5. The molecule has 0 saturated carbocycles. The molecule has 84 heavy (non-hydrogen) atoms. The second kappa shape index (κ2) is 19.9. The molecule has 0 saturated heterocycles. The number of hydrogen-bond donors (Lipinski definition) is 0. The fourth-order valence-electron chi connectivity index (χ4n) is 15.1. The molecule has 2 aromatic heterocycles. The Balaban J connectivity index is 1.21. The van der Waals surface area contributed by atoms with Crippen LogP contribution in [-0.2, 0) is 28.3 Å². The van der Waals surface area contributed by atoms with Crippen molar-refractivity contribution in [1.29, 1.82) is 0 Å². The monoisotopic (exact) mass is 1140 g/mol. The van der Waals surface area contributed by atoms with Gasteiger partial charge in [0, 0.05) is 39.7 Å². The van der Waals surface area contributed by atoms with E-state index >= 15 is 0 Å². The largest absolute Gasteiger partial charge is 0.308 e. The van der Waals surface area contributed by atoms with Crippen molar-refractivity contribution in [2.45, 2.75) is 87.3 Å². The summed E-state index contributed by atoms with van der Waals surface area (Å²) in [7, 11) is -4.98. The van der Waals surface area contributed by atoms with E-state index in [0.29, 0.717) is 0 Å². The molecule has 0 amide bonds. The topological polar surface area (TPSA) is 29.0 Å². The summed E-state index contributed by atoms with van der Waals surface area (Å²) >= 11 is 0. The lowest BCUT2D eigenvalue weighted by molar-refractivity contribution is 0.655. The third-order valence-electron chi connectivity index (χ3n) is 18.3. The number of benzene rings is 9. The fraction of sp³-hybridized carbons (Fsp3) is 0.179. The Labute approximate surface area is 500 Å². The molecule has 5 heterocycles. The van der Waals surface area contributed by atoms with E-state index in [4.69, 9.17) is 9.97 Å². The van der Waals surface area contributed by atoms with E-state index < -0.39 is 40.5 Å². The molecule has 0 N–H and O–H groups in total. The van der Waals surface area contributed by atoms with Crippen molar-refractivity contribution in [1.82, 2.24) is 9.97 Å². The maximum Gasteiger partial charge on any atom is 0.0776 e. The fourth-order valence-corrected chi connectivity index (χ4v) is 19.1. The molecule has 0 aliphatic carbocycles. The van der Waals surface area contributed by atoms with Crippen LogP contribution >= 0.6 is 0 Å². The number of hydrogen-bond acceptors (Lipinski definition) is 3. The first kappa shape index (κ1) is 53.7. The molecule has 3 nitrogen and oxygen atoms in total. The zero-order valence-corrected chi connectivity index (χ0v) is 53.0. The van der Waals surface area contributed by atoms with Crippen molar-refractivity contribution >= 4 is 46.5 Å². The van der Waals surface area contributed by atoms with E-state index in [9.17, 15) is 0 Å². The van der Waals surface area contributed by atoms with E-state index in [1.807, 2.05) is 12.4 Å². The van der Waals surface area contributed by atoms with E-state index in [2.05, 4.69) is 306 Å². The normalized spacial score (nSPS) is 15.1. The van der Waals surface area contributed by atoms with Gasteiger partial charge in [-0.15, -0.1) is 0 Å². The lowest BCUT2D eigenvalue weighted by atomic mass is 9.52. The minimum absolute atomic E-state index is 0.760. The maximum atomic E-state index is 5.19. The van der Waals surface area contributed by atoms with Crippen LogP contribution in [0.5, 0.6) is 0 Å². The molecule has 0 atom stereocenters. The Morgan fingerprint density at radius 2 is 0.619 bits per heavy atom. The van der Waals surface area contributed by atoms with Crippen LogP contribution in [-0.4, -0.2) is 34.2 Å². The van der Waals surface area contributed by atoms with Crippen LogP contribution in [0.25, 0.3) is 22.5 Å². The first-order valence-electron chi connectivity index (χ1n) is 30.1. The minimum atomic E-state index is -2.08. The number of anilines is 3. The van der Waals surface area contributed by atoms with Gasteiger partial charge in [-0.3, -0.25) is 9.97 Å². The molecule has 412 valence electrons. The number of aromatic nitrogens is 2. The summed E-state index contributed by atoms with van der Waals surface area (Å²) < 4.78 is 0. The molecule has 0 unspecified atom stereocenters. The molecule has 11 aromatic rings. The molecule has 0 fully saturated rings. The van der Waals surface area contributed by atoms with E-state index in [-0.39, 0.29) is 0 Å². The van der Waals surface area contributed by atoms with E-state index in [1.165, 1.54) is 100 Å². The molecule has 0 radical (unpaired) electrons. The Morgan fingerprint density at radius 1 is 0.310 bits per heavy atom. The highest BCUT2D eigenvalue weighted by atomic mass is 28.3. The lowest BCUT2D eigenvalue weighted by Gasteiger charge is -2.58. The molecule has 0 bridgehead atoms. The summed E-state index contributed by atoms with van der Waals surface area (Å²) in [5, 5.41) is 1.44. The quantitative estimate of drug-likeness (QED) is 0.108. The summed E-state index contributed by atoms with van der Waals surface area (Å²) in [6.07, 6.45) is 4.06. The number of nitrogens with zero attached hydrogens (tertiary/aromatic N) is 3. The third kappa shape index (κ3) is 8.38. The van der Waals surface area contributed by atoms with Crippen LogP contribution in [0.15, 0.2) is 255 Å². The van der Waals surface area contributed by atoms with Crippen LogP contribution in [0.2, 0.25) is 58.9 Å². The van der Waals surface area contributed by atoms with Gasteiger partial charge in [-0.2, -0.15) is 0 Å². The second-order valence-corrected chi connectivity index (χ2v) is 43.4. The maximum absolute atomic E-state index is 5.19. The van der Waals surface area contributed by atoms with Crippen LogP contribution in [0.1, 0.15) is 77.9 Å². The zero-order chi connectivity index (χ0) is 57.8. The van der Waals surface area contributed by atoms with Gasteiger partial charge in [0.05, 0.1) is 52.8 Å². The lowest BCUT2D eigenvalue weighted by Crippen LogP contribution is -2.51. The number of pyridine rings is 2. The summed E-state index contributed by atoms with van der Waals surface area (Å²) in [4.78, 5) is 13.2. The van der Waals surface area contributed by atoms with Crippen LogP contribution in [0.3, 0.4) is 0 Å². The summed E-state index contributed by atoms with van der Waals surface area (Å²) in [5.41, 5.74) is 23.3. The van der Waals surface area contributed by atoms with Crippen molar-refractivity contribution < 1.29 is 0 Å². The Kier molecular flexibility index (Phi) is 12.8. The smallest absolute Gasteiger partial charge is 0.0776 e. The first-order valence-corrected chi connectivity index (χ1v) is 41.0. The standard InChI is InChI=1S/C78H73N3Si3/c1-82(2,3)52-54-42-44-79-71(46-54)56-26-22-36-62(48-56)78(63-37-23-27-57(49-63)72-47-55(43-45-80-72)53-83(4,5)6)67-40-24-38-65-73(67)81-74-66(39-25-41-68(74)78)77(60-32-18-12-19-33-60,61-34-20-13-21-35-61)70-51-64(84(7,8)9)50-69(75(70)81)76(65,58-28-14-10-15-29-58)59-30-16-11-17-31-59/h10-51H,52-53H2,1-9H3. The van der Waals surface area contributed by atoms with Gasteiger partial charge in [-0.05, 0) is 126 Å². The molecular formula is C78H73N3Si3. The van der Waals surface area contributed by atoms with Gasteiger partial charge < -0.3 is 4.90 Å². The van der Waals surface area contributed by atoms with E-state index in [0.717, 1.165) is 34.6 Å². The van der Waals surface area contributed by atoms with Gasteiger partial charge in [0.1, 0.15) is 0 Å². The second-order valence-electron chi connectivity index (χ2n) is 27.4. The van der Waals surface area contributed by atoms with Crippen molar-refractivity contribution in [3.63, 3.8) is 0 Å². The number of para-hydroxylation sites is 2. The molecule has 6 heteroatoms. The van der Waals surface area contributed by atoms with Crippen LogP contribution < -0.4 is 10.1 Å². The van der Waals surface area contributed by atoms with Crippen molar-refractivity contribution in [3.05, 3.63) is 333 Å². The van der Waals surface area contributed by atoms with Gasteiger partial charge in [-0.1, -0.05) is 270 Å². The van der Waals surface area contributed by atoms with Gasteiger partial charge in [0.25, 0.3) is 0 Å². The van der Waals surface area contributed by atoms with Gasteiger partial charge in [-0.25, -0.2) is 0 Å². The van der Waals surface area contributed by atoms with E-state index in [1.54, 1.807) is 0 Å². The molecule has 3 aliphatic heterocycles. The zero-order valence-electron chi connectivity index (χ0n) is 50.0. The average Bonchev–Trinajstić information content (AvgIpc) is 0.660. The van der Waals surface area contributed by atoms with Crippen LogP contribution in [0, 0.1) is 0 Å². The highest BCUT2D eigenvalue weighted by Gasteiger charge is 2.60. The molecular weight excluding hydrogens is 1060 g/mol. The SMILES string of the molecule is C[Si](C)(C)Cc1ccnc(-c2cccc(C3(c4cccc(-c5cc(C[Si](C)(C)C)ccn5)c4)c4cccc5c4N4c6c3cccc6C(c3ccccc3)(c3ccccc3)c3cc([Si](C)(C)C)cc(c34)C5(c3ccccc3)c3ccccc3)c2)c1. The third-order valence-corrected chi connectivity index (χ3v) is 23.2. The Hall–Kier alpha value is -8.27. The molecule has 9 aromatic carbocycles. The molecule has 0 spiro atoms. The Morgan fingerprint density at radius 3 is 0.952 bits per heavy atom. The van der Waals surface area contributed by atoms with Crippen molar-refractivity contribution in [2.75, 3.05) is 4.90 Å². The van der Waals surface area contributed by atoms with Gasteiger partial charge >= 0.3 is 0 Å². The predicted octanol–water partition coefficient (Wildman–Crippen LogP) is 18.8. The highest BCUT2D eigenvalue weighted by Crippen LogP contribution is 2.71.